The standard InChI is InChI=1S/C20H21F2N5O2/c1-20(21,22)11-27-6-4-13(5-7-27)18(28)26-19-24-9-15-3-2-14(8-16(15)25-19)17-10-23-12-29-17/h2-3,8-10,12-13H,4-7,11H2,1H3,(H,24,25,26,28). The van der Waals surface area contributed by atoms with Crippen LogP contribution in [0.5, 0.6) is 0 Å². The molecule has 2 aromatic heterocycles. The molecule has 1 N–H and O–H groups in total. The minimum atomic E-state index is -2.72. The highest BCUT2D eigenvalue weighted by Crippen LogP contribution is 2.25. The van der Waals surface area contributed by atoms with Gasteiger partial charge in [-0.1, -0.05) is 12.1 Å². The second-order valence-electron chi connectivity index (χ2n) is 7.44. The van der Waals surface area contributed by atoms with Crippen LogP contribution in [0.3, 0.4) is 0 Å². The number of nitrogens with one attached hydrogen (secondary N) is 1. The fourth-order valence-electron chi connectivity index (χ4n) is 3.55. The van der Waals surface area contributed by atoms with E-state index >= 15 is 0 Å². The van der Waals surface area contributed by atoms with Gasteiger partial charge in [-0.15, -0.1) is 0 Å². The van der Waals surface area contributed by atoms with Crippen molar-refractivity contribution in [3.8, 4) is 11.3 Å². The average Bonchev–Trinajstić information content (AvgIpc) is 3.21. The van der Waals surface area contributed by atoms with Crippen LogP contribution in [-0.2, 0) is 4.79 Å². The zero-order valence-electron chi connectivity index (χ0n) is 15.9. The summed E-state index contributed by atoms with van der Waals surface area (Å²) in [6.07, 6.45) is 5.69. The van der Waals surface area contributed by atoms with Gasteiger partial charge in [0.15, 0.2) is 12.2 Å². The Kier molecular flexibility index (Phi) is 5.23. The Balaban J connectivity index is 1.42. The van der Waals surface area contributed by atoms with Gasteiger partial charge in [0.05, 0.1) is 18.3 Å². The molecular weight excluding hydrogens is 380 g/mol. The summed E-state index contributed by atoms with van der Waals surface area (Å²) in [6, 6.07) is 5.60. The third-order valence-corrected chi connectivity index (χ3v) is 4.99. The Hall–Kier alpha value is -2.94. The number of amides is 1. The summed E-state index contributed by atoms with van der Waals surface area (Å²) in [5.74, 6) is -2.30. The normalized spacial score (nSPS) is 16.2. The number of nitrogens with zero attached hydrogens (tertiary/aromatic N) is 4. The van der Waals surface area contributed by atoms with E-state index in [2.05, 4.69) is 20.3 Å². The summed E-state index contributed by atoms with van der Waals surface area (Å²) in [5.41, 5.74) is 1.50. The van der Waals surface area contributed by atoms with E-state index in [1.165, 1.54) is 6.39 Å². The lowest BCUT2D eigenvalue weighted by Gasteiger charge is -2.32. The Bertz CT molecular complexity index is 996. The molecule has 0 spiro atoms. The summed E-state index contributed by atoms with van der Waals surface area (Å²) in [4.78, 5) is 26.8. The minimum Gasteiger partial charge on any atom is -0.444 e. The molecule has 1 fully saturated rings. The van der Waals surface area contributed by atoms with Crippen LogP contribution < -0.4 is 5.32 Å². The van der Waals surface area contributed by atoms with E-state index in [1.54, 1.807) is 17.3 Å². The summed E-state index contributed by atoms with van der Waals surface area (Å²) >= 11 is 0. The molecule has 0 radical (unpaired) electrons. The highest BCUT2D eigenvalue weighted by molar-refractivity contribution is 5.92. The third-order valence-electron chi connectivity index (χ3n) is 4.99. The molecule has 1 aliphatic rings. The number of aromatic nitrogens is 3. The number of carbonyl (C=O) groups excluding carboxylic acids is 1. The molecule has 29 heavy (non-hydrogen) atoms. The molecule has 9 heteroatoms. The molecule has 1 aromatic carbocycles. The lowest BCUT2D eigenvalue weighted by atomic mass is 9.96. The number of hydrogen-bond donors (Lipinski definition) is 1. The molecule has 1 aliphatic heterocycles. The van der Waals surface area contributed by atoms with Gasteiger partial charge in [-0.25, -0.2) is 23.7 Å². The van der Waals surface area contributed by atoms with Crippen molar-refractivity contribution >= 4 is 22.8 Å². The molecule has 152 valence electrons. The third kappa shape index (κ3) is 4.73. The molecule has 3 heterocycles. The number of oxazole rings is 1. The maximum atomic E-state index is 13.1. The van der Waals surface area contributed by atoms with E-state index in [9.17, 15) is 13.6 Å². The van der Waals surface area contributed by atoms with Crippen LogP contribution >= 0.6 is 0 Å². The van der Waals surface area contributed by atoms with Crippen molar-refractivity contribution in [2.24, 2.45) is 5.92 Å². The van der Waals surface area contributed by atoms with E-state index in [-0.39, 0.29) is 24.3 Å². The zero-order chi connectivity index (χ0) is 20.4. The number of benzene rings is 1. The zero-order valence-corrected chi connectivity index (χ0v) is 15.9. The van der Waals surface area contributed by atoms with Gasteiger partial charge in [0.25, 0.3) is 5.92 Å². The van der Waals surface area contributed by atoms with E-state index in [1.807, 2.05) is 18.2 Å². The molecule has 0 aliphatic carbocycles. The van der Waals surface area contributed by atoms with Crippen LogP contribution in [0.4, 0.5) is 14.7 Å². The van der Waals surface area contributed by atoms with Gasteiger partial charge in [0.2, 0.25) is 11.9 Å². The first-order chi connectivity index (χ1) is 13.9. The highest BCUT2D eigenvalue weighted by atomic mass is 19.3. The Labute approximate surface area is 166 Å². The highest BCUT2D eigenvalue weighted by Gasteiger charge is 2.30. The fourth-order valence-corrected chi connectivity index (χ4v) is 3.55. The SMILES string of the molecule is CC(F)(F)CN1CCC(C(=O)Nc2ncc3ccc(-c4cnco4)cc3n2)CC1. The minimum absolute atomic E-state index is 0.182. The molecule has 0 atom stereocenters. The topological polar surface area (TPSA) is 84.2 Å². The predicted octanol–water partition coefficient (Wildman–Crippen LogP) is 3.59. The van der Waals surface area contributed by atoms with Crippen LogP contribution in [0.2, 0.25) is 0 Å². The molecule has 4 rings (SSSR count). The van der Waals surface area contributed by atoms with E-state index < -0.39 is 5.92 Å². The molecule has 0 saturated carbocycles. The van der Waals surface area contributed by atoms with Crippen molar-refractivity contribution in [3.63, 3.8) is 0 Å². The average molecular weight is 401 g/mol. The molecule has 0 unspecified atom stereocenters. The van der Waals surface area contributed by atoms with Crippen LogP contribution in [0.25, 0.3) is 22.2 Å². The lowest BCUT2D eigenvalue weighted by Crippen LogP contribution is -2.42. The molecule has 3 aromatic rings. The van der Waals surface area contributed by atoms with E-state index in [0.717, 1.165) is 17.9 Å². The second kappa shape index (κ2) is 7.82. The monoisotopic (exact) mass is 401 g/mol. The van der Waals surface area contributed by atoms with Gasteiger partial charge in [0.1, 0.15) is 0 Å². The summed E-state index contributed by atoms with van der Waals surface area (Å²) in [7, 11) is 0. The number of hydrogen-bond acceptors (Lipinski definition) is 6. The van der Waals surface area contributed by atoms with E-state index in [4.69, 9.17) is 4.42 Å². The first-order valence-corrected chi connectivity index (χ1v) is 9.44. The van der Waals surface area contributed by atoms with Gasteiger partial charge in [0, 0.05) is 30.0 Å². The van der Waals surface area contributed by atoms with Crippen molar-refractivity contribution in [1.82, 2.24) is 19.9 Å². The lowest BCUT2D eigenvalue weighted by molar-refractivity contribution is -0.121. The van der Waals surface area contributed by atoms with Crippen molar-refractivity contribution in [1.29, 1.82) is 0 Å². The number of likely N-dealkylation sites (tertiary alicyclic amines) is 1. The molecule has 0 bridgehead atoms. The number of rotatable bonds is 5. The summed E-state index contributed by atoms with van der Waals surface area (Å²) in [6.45, 7) is 1.58. The summed E-state index contributed by atoms with van der Waals surface area (Å²) in [5, 5.41) is 3.59. The molecule has 1 amide bonds. The Morgan fingerprint density at radius 1 is 1.31 bits per heavy atom. The number of fused-ring (bicyclic) bond motifs is 1. The molecule has 1 saturated heterocycles. The van der Waals surface area contributed by atoms with Gasteiger partial charge >= 0.3 is 0 Å². The number of carbonyl (C=O) groups is 1. The number of halogens is 2. The van der Waals surface area contributed by atoms with Gasteiger partial charge in [-0.3, -0.25) is 15.0 Å². The van der Waals surface area contributed by atoms with E-state index in [0.29, 0.717) is 37.2 Å². The second-order valence-corrected chi connectivity index (χ2v) is 7.44. The maximum absolute atomic E-state index is 13.1. The van der Waals surface area contributed by atoms with Gasteiger partial charge in [-0.05, 0) is 32.0 Å². The van der Waals surface area contributed by atoms with Crippen LogP contribution in [-0.4, -0.2) is 51.3 Å². The number of anilines is 1. The first-order valence-electron chi connectivity index (χ1n) is 9.44. The Morgan fingerprint density at radius 2 is 2.10 bits per heavy atom. The fraction of sp³-hybridized carbons (Fsp3) is 0.400. The van der Waals surface area contributed by atoms with Crippen molar-refractivity contribution in [2.75, 3.05) is 25.0 Å². The van der Waals surface area contributed by atoms with Gasteiger partial charge in [-0.2, -0.15) is 0 Å². The number of piperidine rings is 1. The Morgan fingerprint density at radius 3 is 2.79 bits per heavy atom. The van der Waals surface area contributed by atoms with Crippen molar-refractivity contribution < 1.29 is 18.0 Å². The smallest absolute Gasteiger partial charge is 0.257 e. The van der Waals surface area contributed by atoms with Crippen molar-refractivity contribution in [3.05, 3.63) is 37.0 Å². The molecule has 7 nitrogen and oxygen atoms in total. The van der Waals surface area contributed by atoms with Crippen LogP contribution in [0, 0.1) is 5.92 Å². The quantitative estimate of drug-likeness (QED) is 0.703. The van der Waals surface area contributed by atoms with Crippen LogP contribution in [0.1, 0.15) is 19.8 Å². The predicted molar refractivity (Wildman–Crippen MR) is 103 cm³/mol. The molecular formula is C20H21F2N5O2. The largest absolute Gasteiger partial charge is 0.444 e. The van der Waals surface area contributed by atoms with Crippen LogP contribution in [0.15, 0.2) is 41.4 Å². The van der Waals surface area contributed by atoms with Gasteiger partial charge < -0.3 is 4.42 Å². The summed E-state index contributed by atoms with van der Waals surface area (Å²) < 4.78 is 31.6. The van der Waals surface area contributed by atoms with Crippen molar-refractivity contribution in [2.45, 2.75) is 25.7 Å². The first kappa shape index (κ1) is 19.4. The maximum Gasteiger partial charge on any atom is 0.257 e. The number of alkyl halides is 2.